The number of benzene rings is 2. The maximum Gasteiger partial charge on any atom is 0.127 e. The van der Waals surface area contributed by atoms with Gasteiger partial charge in [-0.2, -0.15) is 0 Å². The molecule has 2 aromatic rings. The molecule has 0 aliphatic carbocycles. The van der Waals surface area contributed by atoms with Crippen molar-refractivity contribution in [2.45, 2.75) is 59.7 Å². The molecule has 0 fully saturated rings. The second kappa shape index (κ2) is 7.32. The van der Waals surface area contributed by atoms with Crippen LogP contribution in [0.3, 0.4) is 0 Å². The summed E-state index contributed by atoms with van der Waals surface area (Å²) >= 11 is 0. The van der Waals surface area contributed by atoms with Crippen LogP contribution >= 0.6 is 0 Å². The molecule has 3 rings (SSSR count). The molecule has 2 aromatic carbocycles. The Morgan fingerprint density at radius 1 is 1.12 bits per heavy atom. The van der Waals surface area contributed by atoms with E-state index < -0.39 is 0 Å². The minimum atomic E-state index is -0.322. The highest BCUT2D eigenvalue weighted by Crippen LogP contribution is 2.46. The Morgan fingerprint density at radius 3 is 2.46 bits per heavy atom. The molecule has 26 heavy (non-hydrogen) atoms. The van der Waals surface area contributed by atoms with Crippen LogP contribution in [0.4, 0.5) is 0 Å². The molecular weight excluding hydrogens is 324 g/mol. The lowest BCUT2D eigenvalue weighted by Gasteiger charge is -2.42. The summed E-state index contributed by atoms with van der Waals surface area (Å²) < 4.78 is 12.7. The number of rotatable bonds is 5. The fraction of sp³-hybridized carbons (Fsp3) is 0.478. The first kappa shape index (κ1) is 18.8. The van der Waals surface area contributed by atoms with Crippen molar-refractivity contribution in [3.63, 3.8) is 0 Å². The van der Waals surface area contributed by atoms with Gasteiger partial charge in [0.15, 0.2) is 0 Å². The van der Waals surface area contributed by atoms with Gasteiger partial charge in [-0.3, -0.25) is 0 Å². The van der Waals surface area contributed by atoms with Gasteiger partial charge in [-0.05, 0) is 62.3 Å². The maximum absolute atomic E-state index is 9.45. The molecule has 1 aliphatic heterocycles. The normalized spacial score (nSPS) is 21.8. The van der Waals surface area contributed by atoms with Gasteiger partial charge in [-0.1, -0.05) is 37.3 Å². The van der Waals surface area contributed by atoms with Crippen LogP contribution < -0.4 is 9.47 Å². The highest BCUT2D eigenvalue weighted by Gasteiger charge is 2.39. The fourth-order valence-corrected chi connectivity index (χ4v) is 3.86. The van der Waals surface area contributed by atoms with Gasteiger partial charge in [0.25, 0.3) is 0 Å². The van der Waals surface area contributed by atoms with Gasteiger partial charge in [0.1, 0.15) is 23.7 Å². The van der Waals surface area contributed by atoms with Crippen LogP contribution in [-0.4, -0.2) is 17.3 Å². The Bertz CT molecular complexity index is 782. The van der Waals surface area contributed by atoms with Crippen LogP contribution in [0.5, 0.6) is 11.5 Å². The van der Waals surface area contributed by atoms with Crippen molar-refractivity contribution in [2.24, 2.45) is 5.92 Å². The lowest BCUT2D eigenvalue weighted by molar-refractivity contribution is -0.00451. The van der Waals surface area contributed by atoms with E-state index in [2.05, 4.69) is 46.8 Å². The van der Waals surface area contributed by atoms with Crippen LogP contribution in [-0.2, 0) is 13.0 Å². The number of ether oxygens (including phenoxy) is 2. The second-order valence-corrected chi connectivity index (χ2v) is 7.78. The van der Waals surface area contributed by atoms with Crippen molar-refractivity contribution in [3.05, 3.63) is 58.1 Å². The Kier molecular flexibility index (Phi) is 5.29. The maximum atomic E-state index is 9.45. The predicted octanol–water partition coefficient (Wildman–Crippen LogP) is 4.90. The minimum Gasteiger partial charge on any atom is -0.488 e. The van der Waals surface area contributed by atoms with E-state index >= 15 is 0 Å². The van der Waals surface area contributed by atoms with E-state index in [1.807, 2.05) is 18.2 Å². The average Bonchev–Trinajstić information content (AvgIpc) is 2.63. The lowest BCUT2D eigenvalue weighted by Crippen LogP contribution is -2.45. The van der Waals surface area contributed by atoms with Crippen molar-refractivity contribution in [1.82, 2.24) is 0 Å². The van der Waals surface area contributed by atoms with Crippen molar-refractivity contribution < 1.29 is 14.6 Å². The molecule has 140 valence electrons. The van der Waals surface area contributed by atoms with Gasteiger partial charge in [0.05, 0.1) is 0 Å². The molecule has 1 aliphatic rings. The molecule has 2 atom stereocenters. The van der Waals surface area contributed by atoms with Crippen molar-refractivity contribution in [2.75, 3.05) is 6.61 Å². The predicted molar refractivity (Wildman–Crippen MR) is 105 cm³/mol. The van der Waals surface area contributed by atoms with E-state index in [0.717, 1.165) is 29.0 Å². The molecule has 0 saturated heterocycles. The van der Waals surface area contributed by atoms with E-state index in [1.54, 1.807) is 0 Å². The largest absolute Gasteiger partial charge is 0.488 e. The second-order valence-electron chi connectivity index (χ2n) is 7.78. The third-order valence-electron chi connectivity index (χ3n) is 6.03. The summed E-state index contributed by atoms with van der Waals surface area (Å²) in [7, 11) is 0. The fourth-order valence-electron chi connectivity index (χ4n) is 3.86. The van der Waals surface area contributed by atoms with E-state index in [9.17, 15) is 5.11 Å². The molecule has 0 radical (unpaired) electrons. The van der Waals surface area contributed by atoms with Gasteiger partial charge >= 0.3 is 0 Å². The van der Waals surface area contributed by atoms with Crippen molar-refractivity contribution >= 4 is 0 Å². The zero-order chi connectivity index (χ0) is 18.9. The summed E-state index contributed by atoms with van der Waals surface area (Å²) in [5.41, 5.74) is 5.55. The van der Waals surface area contributed by atoms with Gasteiger partial charge in [0, 0.05) is 18.6 Å². The first-order valence-corrected chi connectivity index (χ1v) is 9.46. The summed E-state index contributed by atoms with van der Waals surface area (Å²) in [4.78, 5) is 0. The van der Waals surface area contributed by atoms with Crippen molar-refractivity contribution in [1.29, 1.82) is 0 Å². The quantitative estimate of drug-likeness (QED) is 0.830. The minimum absolute atomic E-state index is 0.144. The molecule has 0 aromatic heterocycles. The number of aliphatic hydroxyl groups excluding tert-OH is 1. The molecule has 0 spiro atoms. The van der Waals surface area contributed by atoms with Crippen LogP contribution in [0.1, 0.15) is 48.1 Å². The molecular formula is C23H30O3. The monoisotopic (exact) mass is 354 g/mol. The Labute approximate surface area is 157 Å². The number of hydrogen-bond donors (Lipinski definition) is 1. The summed E-state index contributed by atoms with van der Waals surface area (Å²) in [6.45, 7) is 11.4. The van der Waals surface area contributed by atoms with E-state index in [1.165, 1.54) is 16.7 Å². The average molecular weight is 354 g/mol. The van der Waals surface area contributed by atoms with Gasteiger partial charge in [0.2, 0.25) is 0 Å². The molecule has 0 saturated carbocycles. The third kappa shape index (κ3) is 3.33. The number of hydrogen-bond acceptors (Lipinski definition) is 3. The smallest absolute Gasteiger partial charge is 0.127 e. The van der Waals surface area contributed by atoms with Gasteiger partial charge in [-0.15, -0.1) is 0 Å². The zero-order valence-electron chi connectivity index (χ0n) is 16.6. The van der Waals surface area contributed by atoms with Crippen LogP contribution in [0.25, 0.3) is 0 Å². The van der Waals surface area contributed by atoms with E-state index in [-0.39, 0.29) is 12.2 Å². The van der Waals surface area contributed by atoms with E-state index in [4.69, 9.17) is 9.47 Å². The lowest BCUT2D eigenvalue weighted by atomic mass is 9.78. The SMILES string of the molecule is Cc1c(C)c2c(c(C)c1OCc1ccccc1)CC(C)[C@@](C)(CCO)O2. The topological polar surface area (TPSA) is 38.7 Å². The summed E-state index contributed by atoms with van der Waals surface area (Å²) in [6, 6.07) is 10.3. The van der Waals surface area contributed by atoms with Crippen molar-refractivity contribution in [3.8, 4) is 11.5 Å². The van der Waals surface area contributed by atoms with E-state index in [0.29, 0.717) is 18.9 Å². The van der Waals surface area contributed by atoms with Gasteiger partial charge in [-0.25, -0.2) is 0 Å². The molecule has 3 nitrogen and oxygen atoms in total. The first-order valence-electron chi connectivity index (χ1n) is 9.46. The highest BCUT2D eigenvalue weighted by molar-refractivity contribution is 5.59. The zero-order valence-corrected chi connectivity index (χ0v) is 16.6. The molecule has 1 N–H and O–H groups in total. The van der Waals surface area contributed by atoms with Gasteiger partial charge < -0.3 is 14.6 Å². The molecule has 0 bridgehead atoms. The number of fused-ring (bicyclic) bond motifs is 1. The summed E-state index contributed by atoms with van der Waals surface area (Å²) in [5.74, 6) is 2.30. The summed E-state index contributed by atoms with van der Waals surface area (Å²) in [6.07, 6.45) is 1.60. The highest BCUT2D eigenvalue weighted by atomic mass is 16.5. The molecule has 1 unspecified atom stereocenters. The Balaban J connectivity index is 1.95. The molecule has 1 heterocycles. The Hall–Kier alpha value is -2.00. The summed E-state index contributed by atoms with van der Waals surface area (Å²) in [5, 5.41) is 9.45. The van der Waals surface area contributed by atoms with Crippen LogP contribution in [0, 0.1) is 26.7 Å². The molecule has 3 heteroatoms. The third-order valence-corrected chi connectivity index (χ3v) is 6.03. The molecule has 0 amide bonds. The first-order chi connectivity index (χ1) is 12.4. The standard InChI is InChI=1S/C23H30O3/c1-15-13-20-18(4)21(25-14-19-9-7-6-8-10-19)16(2)17(3)22(20)26-23(15,5)11-12-24/h6-10,15,24H,11-14H2,1-5H3/t15?,23-/m1/s1. The number of aliphatic hydroxyl groups is 1. The Morgan fingerprint density at radius 2 is 1.81 bits per heavy atom. The van der Waals surface area contributed by atoms with Crippen LogP contribution in [0.15, 0.2) is 30.3 Å². The van der Waals surface area contributed by atoms with Crippen LogP contribution in [0.2, 0.25) is 0 Å².